The second kappa shape index (κ2) is 5.74. The number of aryl methyl sites for hydroxylation is 1. The number of nitrogens with two attached hydrogens (primary N) is 1. The van der Waals surface area contributed by atoms with E-state index < -0.39 is 0 Å². The van der Waals surface area contributed by atoms with Crippen LogP contribution in [0.3, 0.4) is 0 Å². The van der Waals surface area contributed by atoms with E-state index >= 15 is 0 Å². The van der Waals surface area contributed by atoms with E-state index in [1.165, 1.54) is 11.3 Å². The zero-order chi connectivity index (χ0) is 13.0. The van der Waals surface area contributed by atoms with Crippen molar-refractivity contribution in [3.8, 4) is 0 Å². The average molecular weight is 244 g/mol. The number of benzene rings is 1. The van der Waals surface area contributed by atoms with Crippen molar-refractivity contribution in [3.63, 3.8) is 0 Å². The summed E-state index contributed by atoms with van der Waals surface area (Å²) in [5, 5.41) is 0. The van der Waals surface area contributed by atoms with Gasteiger partial charge in [-0.1, -0.05) is 12.1 Å². The van der Waals surface area contributed by atoms with Crippen LogP contribution >= 0.6 is 0 Å². The monoisotopic (exact) mass is 244 g/mol. The molecule has 1 aromatic carbocycles. The maximum atomic E-state index is 5.65. The van der Waals surface area contributed by atoms with Crippen LogP contribution in [0.15, 0.2) is 40.8 Å². The molecule has 0 aliphatic carbocycles. The van der Waals surface area contributed by atoms with Crippen molar-refractivity contribution in [2.45, 2.75) is 26.9 Å². The molecular formula is C15H20N2O. The van der Waals surface area contributed by atoms with Crippen LogP contribution < -0.4 is 10.6 Å². The lowest BCUT2D eigenvalue weighted by Gasteiger charge is -2.22. The molecule has 1 aromatic heterocycles. The fourth-order valence-electron chi connectivity index (χ4n) is 2.02. The lowest BCUT2D eigenvalue weighted by molar-refractivity contribution is 0.463. The molecule has 18 heavy (non-hydrogen) atoms. The maximum Gasteiger partial charge on any atom is 0.123 e. The summed E-state index contributed by atoms with van der Waals surface area (Å²) in [6, 6.07) is 12.5. The molecule has 96 valence electrons. The molecule has 0 amide bonds. The van der Waals surface area contributed by atoms with Gasteiger partial charge in [0.25, 0.3) is 0 Å². The topological polar surface area (TPSA) is 42.4 Å². The number of furan rings is 1. The summed E-state index contributed by atoms with van der Waals surface area (Å²) in [4.78, 5) is 2.28. The fourth-order valence-corrected chi connectivity index (χ4v) is 2.02. The molecule has 3 heteroatoms. The number of hydrogen-bond acceptors (Lipinski definition) is 3. The Morgan fingerprint density at radius 2 is 1.94 bits per heavy atom. The van der Waals surface area contributed by atoms with Crippen LogP contribution in [0, 0.1) is 6.92 Å². The van der Waals surface area contributed by atoms with Gasteiger partial charge < -0.3 is 15.1 Å². The molecule has 0 radical (unpaired) electrons. The van der Waals surface area contributed by atoms with Crippen LogP contribution in [0.4, 0.5) is 5.69 Å². The van der Waals surface area contributed by atoms with E-state index in [9.17, 15) is 0 Å². The summed E-state index contributed by atoms with van der Waals surface area (Å²) in [7, 11) is 0. The molecule has 0 fully saturated rings. The number of anilines is 1. The highest BCUT2D eigenvalue weighted by Gasteiger charge is 2.08. The zero-order valence-corrected chi connectivity index (χ0v) is 11.0. The summed E-state index contributed by atoms with van der Waals surface area (Å²) < 4.78 is 5.65. The minimum Gasteiger partial charge on any atom is -0.463 e. The molecular weight excluding hydrogens is 224 g/mol. The molecule has 2 N–H and O–H groups in total. The Kier molecular flexibility index (Phi) is 4.05. The Bertz CT molecular complexity index is 505. The Morgan fingerprint density at radius 1 is 1.17 bits per heavy atom. The van der Waals surface area contributed by atoms with E-state index in [0.717, 1.165) is 24.6 Å². The first kappa shape index (κ1) is 12.7. The minimum atomic E-state index is 0.455. The van der Waals surface area contributed by atoms with Gasteiger partial charge >= 0.3 is 0 Å². The molecule has 0 atom stereocenters. The first-order valence-corrected chi connectivity index (χ1v) is 6.32. The second-order valence-electron chi connectivity index (χ2n) is 4.43. The number of nitrogens with zero attached hydrogens (tertiary/aromatic N) is 1. The Balaban J connectivity index is 2.14. The summed E-state index contributed by atoms with van der Waals surface area (Å²) in [5.41, 5.74) is 8.05. The van der Waals surface area contributed by atoms with Crippen LogP contribution in [0.5, 0.6) is 0 Å². The first-order chi connectivity index (χ1) is 8.72. The quantitative estimate of drug-likeness (QED) is 0.879. The third kappa shape index (κ3) is 2.93. The SMILES string of the molecule is CCN(Cc1ccc(CN)o1)c1cccc(C)c1. The highest BCUT2D eigenvalue weighted by molar-refractivity contribution is 5.48. The summed E-state index contributed by atoms with van der Waals surface area (Å²) >= 11 is 0. The minimum absolute atomic E-state index is 0.455. The predicted molar refractivity (Wildman–Crippen MR) is 74.5 cm³/mol. The van der Waals surface area contributed by atoms with Crippen LogP contribution in [0.25, 0.3) is 0 Å². The molecule has 0 aliphatic heterocycles. The van der Waals surface area contributed by atoms with Gasteiger partial charge in [-0.15, -0.1) is 0 Å². The van der Waals surface area contributed by atoms with Crippen LogP contribution in [0.2, 0.25) is 0 Å². The Labute approximate surface area is 108 Å². The van der Waals surface area contributed by atoms with E-state index in [4.69, 9.17) is 10.2 Å². The highest BCUT2D eigenvalue weighted by atomic mass is 16.3. The normalized spacial score (nSPS) is 10.6. The van der Waals surface area contributed by atoms with Gasteiger partial charge in [0, 0.05) is 12.2 Å². The molecule has 2 rings (SSSR count). The van der Waals surface area contributed by atoms with E-state index in [0.29, 0.717) is 6.54 Å². The van der Waals surface area contributed by atoms with Gasteiger partial charge in [0.2, 0.25) is 0 Å². The van der Waals surface area contributed by atoms with E-state index in [1.54, 1.807) is 0 Å². The zero-order valence-electron chi connectivity index (χ0n) is 11.0. The van der Waals surface area contributed by atoms with Gasteiger partial charge in [0.05, 0.1) is 13.1 Å². The van der Waals surface area contributed by atoms with Gasteiger partial charge in [0.1, 0.15) is 11.5 Å². The van der Waals surface area contributed by atoms with Crippen molar-refractivity contribution < 1.29 is 4.42 Å². The second-order valence-corrected chi connectivity index (χ2v) is 4.43. The third-order valence-corrected chi connectivity index (χ3v) is 3.01. The van der Waals surface area contributed by atoms with Gasteiger partial charge in [0.15, 0.2) is 0 Å². The van der Waals surface area contributed by atoms with Crippen molar-refractivity contribution in [2.24, 2.45) is 5.73 Å². The molecule has 0 bridgehead atoms. The standard InChI is InChI=1S/C15H20N2O/c1-3-17(13-6-4-5-12(2)9-13)11-15-8-7-14(10-16)18-15/h4-9H,3,10-11,16H2,1-2H3. The number of hydrogen-bond donors (Lipinski definition) is 1. The lowest BCUT2D eigenvalue weighted by Crippen LogP contribution is -2.21. The third-order valence-electron chi connectivity index (χ3n) is 3.01. The van der Waals surface area contributed by atoms with Crippen molar-refractivity contribution in [3.05, 3.63) is 53.5 Å². The van der Waals surface area contributed by atoms with E-state index in [2.05, 4.69) is 43.0 Å². The first-order valence-electron chi connectivity index (χ1n) is 6.32. The van der Waals surface area contributed by atoms with Gasteiger partial charge in [-0.05, 0) is 43.7 Å². The van der Waals surface area contributed by atoms with Crippen LogP contribution in [-0.2, 0) is 13.1 Å². The molecule has 0 unspecified atom stereocenters. The average Bonchev–Trinajstić information content (AvgIpc) is 2.83. The molecule has 1 heterocycles. The molecule has 0 saturated heterocycles. The predicted octanol–water partition coefficient (Wildman–Crippen LogP) is 3.07. The maximum absolute atomic E-state index is 5.65. The lowest BCUT2D eigenvalue weighted by atomic mass is 10.2. The Hall–Kier alpha value is -1.74. The highest BCUT2D eigenvalue weighted by Crippen LogP contribution is 2.19. The summed E-state index contributed by atoms with van der Waals surface area (Å²) in [6.07, 6.45) is 0. The van der Waals surface area contributed by atoms with Crippen molar-refractivity contribution in [1.29, 1.82) is 0 Å². The van der Waals surface area contributed by atoms with Crippen LogP contribution in [0.1, 0.15) is 24.0 Å². The molecule has 2 aromatic rings. The van der Waals surface area contributed by atoms with Gasteiger partial charge in [-0.3, -0.25) is 0 Å². The Morgan fingerprint density at radius 3 is 2.56 bits per heavy atom. The largest absolute Gasteiger partial charge is 0.463 e. The molecule has 0 aliphatic rings. The fraction of sp³-hybridized carbons (Fsp3) is 0.333. The molecule has 0 saturated carbocycles. The smallest absolute Gasteiger partial charge is 0.123 e. The molecule has 3 nitrogen and oxygen atoms in total. The molecule has 0 spiro atoms. The van der Waals surface area contributed by atoms with E-state index in [1.807, 2.05) is 12.1 Å². The summed E-state index contributed by atoms with van der Waals surface area (Å²) in [5.74, 6) is 1.80. The van der Waals surface area contributed by atoms with Crippen molar-refractivity contribution in [1.82, 2.24) is 0 Å². The van der Waals surface area contributed by atoms with E-state index in [-0.39, 0.29) is 0 Å². The summed E-state index contributed by atoms with van der Waals surface area (Å²) in [6.45, 7) is 6.44. The van der Waals surface area contributed by atoms with Crippen LogP contribution in [-0.4, -0.2) is 6.54 Å². The number of rotatable bonds is 5. The van der Waals surface area contributed by atoms with Crippen molar-refractivity contribution in [2.75, 3.05) is 11.4 Å². The van der Waals surface area contributed by atoms with Gasteiger partial charge in [-0.2, -0.15) is 0 Å². The van der Waals surface area contributed by atoms with Gasteiger partial charge in [-0.25, -0.2) is 0 Å². The van der Waals surface area contributed by atoms with Crippen molar-refractivity contribution >= 4 is 5.69 Å².